The smallest absolute Gasteiger partial charge is 0.335 e. The van der Waals surface area contributed by atoms with Crippen LogP contribution >= 0.6 is 0 Å². The molecule has 15 heavy (non-hydrogen) atoms. The Hall–Kier alpha value is -2.10. The lowest BCUT2D eigenvalue weighted by Crippen LogP contribution is -1.97. The van der Waals surface area contributed by atoms with Crippen LogP contribution in [0.1, 0.15) is 10.4 Å². The van der Waals surface area contributed by atoms with Crippen molar-refractivity contribution >= 4 is 5.97 Å². The first-order valence-electron chi connectivity index (χ1n) is 4.35. The Morgan fingerprint density at radius 1 is 1.33 bits per heavy atom. The van der Waals surface area contributed by atoms with Crippen LogP contribution in [0.15, 0.2) is 36.5 Å². The zero-order chi connectivity index (χ0) is 10.8. The van der Waals surface area contributed by atoms with Crippen molar-refractivity contribution in [3.05, 3.63) is 47.9 Å². The molecule has 0 aliphatic carbocycles. The van der Waals surface area contributed by atoms with Crippen LogP contribution in [0, 0.1) is 5.82 Å². The van der Waals surface area contributed by atoms with E-state index in [1.165, 1.54) is 12.1 Å². The molecule has 0 aliphatic rings. The van der Waals surface area contributed by atoms with Crippen molar-refractivity contribution in [3.8, 4) is 11.3 Å². The van der Waals surface area contributed by atoms with Gasteiger partial charge < -0.3 is 10.1 Å². The molecule has 1 aromatic carbocycles. The van der Waals surface area contributed by atoms with E-state index in [2.05, 4.69) is 4.98 Å². The number of rotatable bonds is 2. The second kappa shape index (κ2) is 3.57. The van der Waals surface area contributed by atoms with Gasteiger partial charge in [-0.15, -0.1) is 0 Å². The highest BCUT2D eigenvalue weighted by Crippen LogP contribution is 2.21. The van der Waals surface area contributed by atoms with E-state index in [0.717, 1.165) is 6.07 Å². The Morgan fingerprint density at radius 2 is 2.13 bits per heavy atom. The summed E-state index contributed by atoms with van der Waals surface area (Å²) in [5.74, 6) is -1.68. The van der Waals surface area contributed by atoms with Gasteiger partial charge in [-0.25, -0.2) is 9.18 Å². The first-order valence-corrected chi connectivity index (χ1v) is 4.35. The second-order valence-corrected chi connectivity index (χ2v) is 3.08. The molecule has 0 radical (unpaired) electrons. The van der Waals surface area contributed by atoms with E-state index in [1.807, 2.05) is 0 Å². The molecule has 1 heterocycles. The lowest BCUT2D eigenvalue weighted by atomic mass is 10.1. The number of aromatic carboxylic acids is 1. The molecular formula is C11H8FNO2. The molecule has 2 aromatic rings. The summed E-state index contributed by atoms with van der Waals surface area (Å²) in [7, 11) is 0. The minimum absolute atomic E-state index is 0.0530. The number of carboxylic acid groups (broad SMARTS) is 1. The predicted molar refractivity (Wildman–Crippen MR) is 53.1 cm³/mol. The summed E-state index contributed by atoms with van der Waals surface area (Å²) in [6, 6.07) is 7.31. The van der Waals surface area contributed by atoms with Crippen molar-refractivity contribution in [2.75, 3.05) is 0 Å². The summed E-state index contributed by atoms with van der Waals surface area (Å²) in [5, 5.41) is 8.66. The number of carboxylic acids is 1. The number of benzene rings is 1. The van der Waals surface area contributed by atoms with E-state index in [4.69, 9.17) is 5.11 Å². The summed E-state index contributed by atoms with van der Waals surface area (Å²) in [5.41, 5.74) is 0.942. The summed E-state index contributed by atoms with van der Waals surface area (Å²) >= 11 is 0. The van der Waals surface area contributed by atoms with Crippen LogP contribution in [-0.2, 0) is 0 Å². The van der Waals surface area contributed by atoms with Gasteiger partial charge in [-0.2, -0.15) is 0 Å². The normalized spacial score (nSPS) is 10.2. The van der Waals surface area contributed by atoms with E-state index in [0.29, 0.717) is 11.3 Å². The number of halogens is 1. The van der Waals surface area contributed by atoms with Gasteiger partial charge in [0.25, 0.3) is 0 Å². The monoisotopic (exact) mass is 205 g/mol. The van der Waals surface area contributed by atoms with Crippen LogP contribution in [0.4, 0.5) is 4.39 Å². The first-order chi connectivity index (χ1) is 7.18. The largest absolute Gasteiger partial charge is 0.478 e. The number of H-pyrrole nitrogens is 1. The summed E-state index contributed by atoms with van der Waals surface area (Å²) in [6.45, 7) is 0. The van der Waals surface area contributed by atoms with Gasteiger partial charge in [0.1, 0.15) is 5.82 Å². The maximum absolute atomic E-state index is 13.5. The minimum Gasteiger partial charge on any atom is -0.478 e. The van der Waals surface area contributed by atoms with Gasteiger partial charge in [-0.1, -0.05) is 0 Å². The van der Waals surface area contributed by atoms with E-state index in [1.54, 1.807) is 18.3 Å². The molecule has 0 unspecified atom stereocenters. The van der Waals surface area contributed by atoms with Gasteiger partial charge in [0.15, 0.2) is 0 Å². The fraction of sp³-hybridized carbons (Fsp3) is 0. The second-order valence-electron chi connectivity index (χ2n) is 3.08. The van der Waals surface area contributed by atoms with Gasteiger partial charge in [-0.3, -0.25) is 0 Å². The fourth-order valence-electron chi connectivity index (χ4n) is 1.36. The van der Waals surface area contributed by atoms with Crippen molar-refractivity contribution in [2.45, 2.75) is 0 Å². The van der Waals surface area contributed by atoms with Crippen molar-refractivity contribution in [1.29, 1.82) is 0 Å². The highest BCUT2D eigenvalue weighted by atomic mass is 19.1. The third-order valence-corrected chi connectivity index (χ3v) is 2.10. The molecule has 2 N–H and O–H groups in total. The molecule has 0 saturated carbocycles. The van der Waals surface area contributed by atoms with Crippen LogP contribution in [0.3, 0.4) is 0 Å². The number of hydrogen-bond acceptors (Lipinski definition) is 1. The highest BCUT2D eigenvalue weighted by molar-refractivity contribution is 5.88. The molecule has 0 saturated heterocycles. The lowest BCUT2D eigenvalue weighted by Gasteiger charge is -2.01. The topological polar surface area (TPSA) is 53.1 Å². The third-order valence-electron chi connectivity index (χ3n) is 2.10. The third kappa shape index (κ3) is 1.74. The molecule has 3 nitrogen and oxygen atoms in total. The molecule has 0 aliphatic heterocycles. The Morgan fingerprint density at radius 3 is 2.67 bits per heavy atom. The molecular weight excluding hydrogens is 197 g/mol. The molecule has 0 atom stereocenters. The van der Waals surface area contributed by atoms with Crippen molar-refractivity contribution in [3.63, 3.8) is 0 Å². The van der Waals surface area contributed by atoms with Crippen LogP contribution in [-0.4, -0.2) is 16.1 Å². The maximum atomic E-state index is 13.5. The zero-order valence-electron chi connectivity index (χ0n) is 7.70. The zero-order valence-corrected chi connectivity index (χ0v) is 7.70. The molecule has 0 spiro atoms. The van der Waals surface area contributed by atoms with Gasteiger partial charge in [0, 0.05) is 17.5 Å². The van der Waals surface area contributed by atoms with Crippen LogP contribution < -0.4 is 0 Å². The molecule has 0 bridgehead atoms. The minimum atomic E-state index is -1.13. The van der Waals surface area contributed by atoms with Crippen molar-refractivity contribution in [1.82, 2.24) is 4.98 Å². The van der Waals surface area contributed by atoms with Crippen molar-refractivity contribution < 1.29 is 14.3 Å². The van der Waals surface area contributed by atoms with Crippen molar-refractivity contribution in [2.24, 2.45) is 0 Å². The number of aromatic amines is 1. The summed E-state index contributed by atoms with van der Waals surface area (Å²) < 4.78 is 13.5. The van der Waals surface area contributed by atoms with Gasteiger partial charge in [-0.05, 0) is 30.3 Å². The molecule has 2 rings (SSSR count). The van der Waals surface area contributed by atoms with E-state index in [9.17, 15) is 9.18 Å². The van der Waals surface area contributed by atoms with E-state index in [-0.39, 0.29) is 5.56 Å². The Balaban J connectivity index is 2.48. The predicted octanol–water partition coefficient (Wildman–Crippen LogP) is 2.52. The Kier molecular flexibility index (Phi) is 2.25. The van der Waals surface area contributed by atoms with Crippen LogP contribution in [0.2, 0.25) is 0 Å². The Bertz CT molecular complexity index is 491. The quantitative estimate of drug-likeness (QED) is 0.791. The SMILES string of the molecule is O=C(O)c1ccc(-c2ccc[nH]2)c(F)c1. The standard InChI is InChI=1S/C11H8FNO2/c12-9-6-7(11(14)15)3-4-8(9)10-2-1-5-13-10/h1-6,13H,(H,14,15). The molecule has 0 fully saturated rings. The highest BCUT2D eigenvalue weighted by Gasteiger charge is 2.09. The number of nitrogens with one attached hydrogen (secondary N) is 1. The molecule has 0 amide bonds. The van der Waals surface area contributed by atoms with E-state index < -0.39 is 11.8 Å². The Labute approximate surface area is 85.2 Å². The average Bonchev–Trinajstić information content (AvgIpc) is 2.70. The number of aromatic nitrogens is 1. The van der Waals surface area contributed by atoms with Gasteiger partial charge >= 0.3 is 5.97 Å². The molecule has 1 aromatic heterocycles. The maximum Gasteiger partial charge on any atom is 0.335 e. The average molecular weight is 205 g/mol. The molecule has 76 valence electrons. The fourth-order valence-corrected chi connectivity index (χ4v) is 1.36. The number of carbonyl (C=O) groups is 1. The molecule has 4 heteroatoms. The summed E-state index contributed by atoms with van der Waals surface area (Å²) in [4.78, 5) is 13.4. The van der Waals surface area contributed by atoms with Gasteiger partial charge in [0.2, 0.25) is 0 Å². The summed E-state index contributed by atoms with van der Waals surface area (Å²) in [6.07, 6.45) is 1.68. The first kappa shape index (κ1) is 9.45. The van der Waals surface area contributed by atoms with Crippen LogP contribution in [0.25, 0.3) is 11.3 Å². The lowest BCUT2D eigenvalue weighted by molar-refractivity contribution is 0.0696. The van der Waals surface area contributed by atoms with E-state index >= 15 is 0 Å². The number of hydrogen-bond donors (Lipinski definition) is 2. The van der Waals surface area contributed by atoms with Gasteiger partial charge in [0.05, 0.1) is 5.56 Å². The van der Waals surface area contributed by atoms with Crippen LogP contribution in [0.5, 0.6) is 0 Å².